The maximum Gasteiger partial charge on any atom is 0.191 e. The Kier molecular flexibility index (Phi) is 12.0. The smallest absolute Gasteiger partial charge is 0.191 e. The van der Waals surface area contributed by atoms with Gasteiger partial charge in [0.25, 0.3) is 0 Å². The van der Waals surface area contributed by atoms with Gasteiger partial charge in [-0.05, 0) is 31.4 Å². The van der Waals surface area contributed by atoms with Crippen molar-refractivity contribution in [3.05, 3.63) is 71.8 Å². The standard InChI is InChI=1S/C25H36N4O2.HI/c1-3-26-25(27-15-24(30)19-31-18-22-12-8-5-9-13-22)28-23-14-20(2)29(17-23)16-21-10-6-4-7-11-21;/h4-13,20,23-24,30H,3,14-19H2,1-2H3,(H2,26,27,28);1H. The highest BCUT2D eigenvalue weighted by atomic mass is 127. The maximum atomic E-state index is 10.3. The second kappa shape index (κ2) is 14.5. The Labute approximate surface area is 209 Å². The number of hydrogen-bond donors (Lipinski definition) is 3. The van der Waals surface area contributed by atoms with Crippen LogP contribution in [0.3, 0.4) is 0 Å². The fourth-order valence-electron chi connectivity index (χ4n) is 3.89. The molecule has 1 heterocycles. The Balaban J connectivity index is 0.00000363. The number of aliphatic hydroxyl groups excluding tert-OH is 1. The third-order valence-electron chi connectivity index (χ3n) is 5.50. The SMILES string of the molecule is CCNC(=NCC(O)COCc1ccccc1)NC1CC(C)N(Cc2ccccc2)C1.I. The summed E-state index contributed by atoms with van der Waals surface area (Å²) in [5, 5.41) is 17.1. The first kappa shape index (κ1) is 26.6. The van der Waals surface area contributed by atoms with E-state index < -0.39 is 6.10 Å². The van der Waals surface area contributed by atoms with Gasteiger partial charge in [-0.25, -0.2) is 0 Å². The number of nitrogens with one attached hydrogen (secondary N) is 2. The van der Waals surface area contributed by atoms with Gasteiger partial charge in [-0.1, -0.05) is 60.7 Å². The summed E-state index contributed by atoms with van der Waals surface area (Å²) < 4.78 is 5.63. The van der Waals surface area contributed by atoms with E-state index >= 15 is 0 Å². The summed E-state index contributed by atoms with van der Waals surface area (Å²) in [5.74, 6) is 0.753. The van der Waals surface area contributed by atoms with Crippen LogP contribution in [0.25, 0.3) is 0 Å². The van der Waals surface area contributed by atoms with Crippen molar-refractivity contribution in [1.82, 2.24) is 15.5 Å². The summed E-state index contributed by atoms with van der Waals surface area (Å²) in [4.78, 5) is 7.09. The highest BCUT2D eigenvalue weighted by Gasteiger charge is 2.29. The van der Waals surface area contributed by atoms with E-state index in [-0.39, 0.29) is 30.6 Å². The van der Waals surface area contributed by atoms with Crippen LogP contribution in [0, 0.1) is 0 Å². The van der Waals surface area contributed by atoms with Crippen molar-refractivity contribution in [3.63, 3.8) is 0 Å². The third kappa shape index (κ3) is 9.05. The molecular weight excluding hydrogens is 515 g/mol. The molecule has 1 aliphatic rings. The summed E-state index contributed by atoms with van der Waals surface area (Å²) in [7, 11) is 0. The third-order valence-corrected chi connectivity index (χ3v) is 5.50. The minimum absolute atomic E-state index is 0. The Morgan fingerprint density at radius 3 is 2.44 bits per heavy atom. The lowest BCUT2D eigenvalue weighted by Gasteiger charge is -2.21. The lowest BCUT2D eigenvalue weighted by atomic mass is 10.2. The van der Waals surface area contributed by atoms with Gasteiger partial charge in [0.2, 0.25) is 0 Å². The van der Waals surface area contributed by atoms with Gasteiger partial charge in [0.1, 0.15) is 0 Å². The van der Waals surface area contributed by atoms with E-state index in [1.165, 1.54) is 5.56 Å². The highest BCUT2D eigenvalue weighted by Crippen LogP contribution is 2.20. The van der Waals surface area contributed by atoms with Crippen LogP contribution >= 0.6 is 24.0 Å². The number of halogens is 1. The van der Waals surface area contributed by atoms with Crippen molar-refractivity contribution in [3.8, 4) is 0 Å². The average molecular weight is 553 g/mol. The molecule has 0 aliphatic carbocycles. The zero-order chi connectivity index (χ0) is 21.9. The van der Waals surface area contributed by atoms with E-state index in [2.05, 4.69) is 64.7 Å². The molecule has 0 radical (unpaired) electrons. The largest absolute Gasteiger partial charge is 0.389 e. The van der Waals surface area contributed by atoms with Crippen LogP contribution in [0.1, 0.15) is 31.4 Å². The van der Waals surface area contributed by atoms with Gasteiger partial charge in [0, 0.05) is 31.7 Å². The van der Waals surface area contributed by atoms with E-state index in [1.54, 1.807) is 0 Å². The molecule has 0 spiro atoms. The second-order valence-corrected chi connectivity index (χ2v) is 8.22. The number of likely N-dealkylation sites (tertiary alicyclic amines) is 1. The molecule has 176 valence electrons. The predicted octanol–water partition coefficient (Wildman–Crippen LogP) is 3.40. The zero-order valence-electron chi connectivity index (χ0n) is 19.1. The molecule has 2 aromatic rings. The predicted molar refractivity (Wildman–Crippen MR) is 141 cm³/mol. The fraction of sp³-hybridized carbons (Fsp3) is 0.480. The molecule has 2 aromatic carbocycles. The summed E-state index contributed by atoms with van der Waals surface area (Å²) in [6, 6.07) is 21.4. The molecule has 3 unspecified atom stereocenters. The minimum atomic E-state index is -0.628. The highest BCUT2D eigenvalue weighted by molar-refractivity contribution is 14.0. The number of ether oxygens (including phenoxy) is 1. The van der Waals surface area contributed by atoms with Crippen molar-refractivity contribution >= 4 is 29.9 Å². The van der Waals surface area contributed by atoms with E-state index in [4.69, 9.17) is 4.74 Å². The number of guanidine groups is 1. The Morgan fingerprint density at radius 1 is 1.12 bits per heavy atom. The van der Waals surface area contributed by atoms with Crippen LogP contribution in [-0.2, 0) is 17.9 Å². The molecule has 0 bridgehead atoms. The molecule has 1 aliphatic heterocycles. The molecule has 6 nitrogen and oxygen atoms in total. The maximum absolute atomic E-state index is 10.3. The van der Waals surface area contributed by atoms with E-state index in [1.807, 2.05) is 30.3 Å². The monoisotopic (exact) mass is 552 g/mol. The number of nitrogens with zero attached hydrogens (tertiary/aromatic N) is 2. The fourth-order valence-corrected chi connectivity index (χ4v) is 3.89. The molecule has 0 aromatic heterocycles. The van der Waals surface area contributed by atoms with Gasteiger partial charge >= 0.3 is 0 Å². The molecule has 0 saturated carbocycles. The number of aliphatic imine (C=N–C) groups is 1. The molecule has 32 heavy (non-hydrogen) atoms. The molecule has 3 N–H and O–H groups in total. The van der Waals surface area contributed by atoms with Crippen molar-refractivity contribution in [1.29, 1.82) is 0 Å². The number of rotatable bonds is 10. The molecule has 3 atom stereocenters. The van der Waals surface area contributed by atoms with Gasteiger partial charge in [-0.3, -0.25) is 9.89 Å². The van der Waals surface area contributed by atoms with E-state index in [0.717, 1.165) is 37.6 Å². The lowest BCUT2D eigenvalue weighted by Crippen LogP contribution is -2.45. The van der Waals surface area contributed by atoms with Crippen LogP contribution in [0.4, 0.5) is 0 Å². The molecule has 7 heteroatoms. The molecule has 1 fully saturated rings. The quantitative estimate of drug-likeness (QED) is 0.240. The van der Waals surface area contributed by atoms with Crippen LogP contribution in [0.15, 0.2) is 65.7 Å². The van der Waals surface area contributed by atoms with Gasteiger partial charge in [-0.15, -0.1) is 24.0 Å². The zero-order valence-corrected chi connectivity index (χ0v) is 21.4. The number of benzene rings is 2. The molecule has 3 rings (SSSR count). The van der Waals surface area contributed by atoms with Gasteiger partial charge in [0.15, 0.2) is 5.96 Å². The minimum Gasteiger partial charge on any atom is -0.389 e. The van der Waals surface area contributed by atoms with Crippen molar-refractivity contribution < 1.29 is 9.84 Å². The normalized spacial score (nSPS) is 19.9. The summed E-state index contributed by atoms with van der Waals surface area (Å²) >= 11 is 0. The first-order valence-electron chi connectivity index (χ1n) is 11.3. The Hall–Kier alpha value is -1.68. The van der Waals surface area contributed by atoms with Crippen molar-refractivity contribution in [2.75, 3.05) is 26.2 Å². The lowest BCUT2D eigenvalue weighted by molar-refractivity contribution is 0.0331. The molecule has 0 amide bonds. The van der Waals surface area contributed by atoms with Crippen molar-refractivity contribution in [2.24, 2.45) is 4.99 Å². The first-order chi connectivity index (χ1) is 15.1. The number of aliphatic hydroxyl groups is 1. The summed E-state index contributed by atoms with van der Waals surface area (Å²) in [5.41, 5.74) is 2.44. The summed E-state index contributed by atoms with van der Waals surface area (Å²) in [6.45, 7) is 8.12. The average Bonchev–Trinajstić information content (AvgIpc) is 3.12. The van der Waals surface area contributed by atoms with Crippen LogP contribution in [-0.4, -0.2) is 60.4 Å². The van der Waals surface area contributed by atoms with Gasteiger partial charge in [-0.2, -0.15) is 0 Å². The van der Waals surface area contributed by atoms with Gasteiger partial charge < -0.3 is 20.5 Å². The van der Waals surface area contributed by atoms with Crippen LogP contribution in [0.2, 0.25) is 0 Å². The molecular formula is C25H37IN4O2. The summed E-state index contributed by atoms with van der Waals surface area (Å²) in [6.07, 6.45) is 0.441. The van der Waals surface area contributed by atoms with E-state index in [9.17, 15) is 5.11 Å². The van der Waals surface area contributed by atoms with E-state index in [0.29, 0.717) is 25.2 Å². The Morgan fingerprint density at radius 2 is 1.78 bits per heavy atom. The van der Waals surface area contributed by atoms with Crippen LogP contribution < -0.4 is 10.6 Å². The topological polar surface area (TPSA) is 69.1 Å². The molecule has 1 saturated heterocycles. The van der Waals surface area contributed by atoms with Gasteiger partial charge in [0.05, 0.1) is 25.9 Å². The van der Waals surface area contributed by atoms with Crippen LogP contribution in [0.5, 0.6) is 0 Å². The number of hydrogen-bond acceptors (Lipinski definition) is 4. The Bertz CT molecular complexity index is 791. The second-order valence-electron chi connectivity index (χ2n) is 8.22. The first-order valence-corrected chi connectivity index (χ1v) is 11.3. The van der Waals surface area contributed by atoms with Crippen molar-refractivity contribution in [2.45, 2.75) is 51.6 Å².